The van der Waals surface area contributed by atoms with Gasteiger partial charge in [0.15, 0.2) is 0 Å². The molecule has 0 unspecified atom stereocenters. The van der Waals surface area contributed by atoms with E-state index in [1.807, 2.05) is 42.5 Å². The minimum Gasteiger partial charge on any atom is -0.322 e. The average molecular weight is 386 g/mol. The third kappa shape index (κ3) is 4.76. The summed E-state index contributed by atoms with van der Waals surface area (Å²) in [5, 5.41) is 3.12. The quantitative estimate of drug-likeness (QED) is 0.589. The third-order valence-corrected chi connectivity index (χ3v) is 5.73. The summed E-state index contributed by atoms with van der Waals surface area (Å²) in [6.45, 7) is 10.8. The molecule has 2 aromatic carbocycles. The van der Waals surface area contributed by atoms with Crippen LogP contribution in [0.3, 0.4) is 0 Å². The van der Waals surface area contributed by atoms with Gasteiger partial charge in [0, 0.05) is 11.3 Å². The molecule has 1 aliphatic carbocycles. The topological polar surface area (TPSA) is 29.1 Å². The molecule has 150 valence electrons. The maximum atomic E-state index is 13.3. The summed E-state index contributed by atoms with van der Waals surface area (Å²) in [7, 11) is 0. The zero-order valence-electron chi connectivity index (χ0n) is 18.2. The van der Waals surface area contributed by atoms with Gasteiger partial charge in [-0.2, -0.15) is 0 Å². The number of rotatable bonds is 5. The summed E-state index contributed by atoms with van der Waals surface area (Å²) >= 11 is 0. The lowest BCUT2D eigenvalue weighted by Gasteiger charge is -2.16. The predicted molar refractivity (Wildman–Crippen MR) is 124 cm³/mol. The van der Waals surface area contributed by atoms with Crippen molar-refractivity contribution in [3.05, 3.63) is 94.1 Å². The molecule has 0 fully saturated rings. The summed E-state index contributed by atoms with van der Waals surface area (Å²) in [4.78, 5) is 13.3. The molecule has 0 atom stereocenters. The van der Waals surface area contributed by atoms with E-state index in [1.165, 1.54) is 22.3 Å². The number of aryl methyl sites for hydroxylation is 2. The maximum Gasteiger partial charge on any atom is 0.255 e. The number of anilines is 1. The van der Waals surface area contributed by atoms with E-state index >= 15 is 0 Å². The van der Waals surface area contributed by atoms with Crippen molar-refractivity contribution < 1.29 is 4.79 Å². The summed E-state index contributed by atoms with van der Waals surface area (Å²) in [5.41, 5.74) is 8.93. The first-order valence-corrected chi connectivity index (χ1v) is 10.5. The number of carbonyl (C=O) groups excluding carboxylic acids is 1. The third-order valence-electron chi connectivity index (χ3n) is 5.73. The van der Waals surface area contributed by atoms with E-state index in [-0.39, 0.29) is 5.91 Å². The lowest BCUT2D eigenvalue weighted by atomic mass is 9.89. The van der Waals surface area contributed by atoms with E-state index in [1.54, 1.807) is 0 Å². The zero-order chi connectivity index (χ0) is 21.0. The van der Waals surface area contributed by atoms with Crippen LogP contribution in [0, 0.1) is 19.8 Å². The van der Waals surface area contributed by atoms with Crippen LogP contribution in [-0.2, 0) is 4.79 Å². The monoisotopic (exact) mass is 385 g/mol. The van der Waals surface area contributed by atoms with Crippen molar-refractivity contribution >= 4 is 17.2 Å². The molecule has 0 spiro atoms. The van der Waals surface area contributed by atoms with E-state index in [4.69, 9.17) is 0 Å². The lowest BCUT2D eigenvalue weighted by Crippen LogP contribution is -2.15. The predicted octanol–water partition coefficient (Wildman–Crippen LogP) is 7.02. The Labute approximate surface area is 175 Å². The maximum absolute atomic E-state index is 13.3. The van der Waals surface area contributed by atoms with Crippen molar-refractivity contribution in [3.63, 3.8) is 0 Å². The van der Waals surface area contributed by atoms with E-state index in [9.17, 15) is 4.79 Å². The van der Waals surface area contributed by atoms with E-state index in [0.717, 1.165) is 35.2 Å². The fourth-order valence-corrected chi connectivity index (χ4v) is 3.86. The van der Waals surface area contributed by atoms with Gasteiger partial charge in [0.1, 0.15) is 0 Å². The summed E-state index contributed by atoms with van der Waals surface area (Å²) < 4.78 is 0. The van der Waals surface area contributed by atoms with Crippen LogP contribution in [-0.4, -0.2) is 5.91 Å². The van der Waals surface area contributed by atoms with Crippen LogP contribution in [0.5, 0.6) is 0 Å². The molecule has 2 heteroatoms. The van der Waals surface area contributed by atoms with Gasteiger partial charge in [-0.05, 0) is 78.7 Å². The number of benzene rings is 2. The second-order valence-electron chi connectivity index (χ2n) is 8.09. The van der Waals surface area contributed by atoms with Gasteiger partial charge >= 0.3 is 0 Å². The van der Waals surface area contributed by atoms with E-state index in [2.05, 4.69) is 58.1 Å². The second kappa shape index (κ2) is 9.09. The first-order chi connectivity index (χ1) is 13.9. The molecule has 0 heterocycles. The Bertz CT molecular complexity index is 990. The molecule has 29 heavy (non-hydrogen) atoms. The van der Waals surface area contributed by atoms with E-state index < -0.39 is 0 Å². The Morgan fingerprint density at radius 2 is 1.72 bits per heavy atom. The van der Waals surface area contributed by atoms with Gasteiger partial charge in [-0.3, -0.25) is 4.79 Å². The Kier molecular flexibility index (Phi) is 6.53. The Morgan fingerprint density at radius 1 is 1.00 bits per heavy atom. The highest BCUT2D eigenvalue weighted by atomic mass is 16.1. The summed E-state index contributed by atoms with van der Waals surface area (Å²) in [6, 6.07) is 16.3. The second-order valence-corrected chi connectivity index (χ2v) is 8.09. The largest absolute Gasteiger partial charge is 0.322 e. The van der Waals surface area contributed by atoms with Crippen molar-refractivity contribution in [2.75, 3.05) is 5.32 Å². The van der Waals surface area contributed by atoms with Crippen molar-refractivity contribution in [3.8, 4) is 0 Å². The zero-order valence-corrected chi connectivity index (χ0v) is 18.2. The highest BCUT2D eigenvalue weighted by molar-refractivity contribution is 6.11. The van der Waals surface area contributed by atoms with Crippen LogP contribution in [0.1, 0.15) is 50.3 Å². The highest BCUT2D eigenvalue weighted by Crippen LogP contribution is 2.35. The molecule has 1 amide bonds. The van der Waals surface area contributed by atoms with Crippen LogP contribution in [0.25, 0.3) is 5.57 Å². The summed E-state index contributed by atoms with van der Waals surface area (Å²) in [5.74, 6) is 0.379. The Balaban J connectivity index is 2.05. The molecule has 0 aromatic heterocycles. The molecule has 0 saturated carbocycles. The molecular formula is C27H31NO. The van der Waals surface area contributed by atoms with E-state index in [0.29, 0.717) is 5.92 Å². The van der Waals surface area contributed by atoms with Crippen LogP contribution in [0.15, 0.2) is 77.4 Å². The number of hydrogen-bond acceptors (Lipinski definition) is 1. The SMILES string of the molecule is CCC1=C(C(C)C)C=CC(C(=O)Nc2ccc(C)c(C)c2)=C(c2ccccc2)C1. The number of allylic oxidation sites excluding steroid dienone is 4. The standard InChI is InChI=1S/C27H31NO/c1-6-21-17-26(22-10-8-7-9-11-22)25(15-14-24(21)18(2)3)27(29)28-23-13-12-19(4)20(5)16-23/h7-16,18H,6,17H2,1-5H3,(H,28,29). The lowest BCUT2D eigenvalue weighted by molar-refractivity contribution is -0.112. The van der Waals surface area contributed by atoms with Crippen molar-refractivity contribution in [1.82, 2.24) is 0 Å². The minimum absolute atomic E-state index is 0.0520. The van der Waals surface area contributed by atoms with Gasteiger partial charge < -0.3 is 5.32 Å². The fraction of sp³-hybridized carbons (Fsp3) is 0.296. The van der Waals surface area contributed by atoms with Gasteiger partial charge in [-0.25, -0.2) is 0 Å². The molecule has 0 saturated heterocycles. The summed E-state index contributed by atoms with van der Waals surface area (Å²) in [6.07, 6.45) is 5.95. The molecular weight excluding hydrogens is 354 g/mol. The highest BCUT2D eigenvalue weighted by Gasteiger charge is 2.21. The fourth-order valence-electron chi connectivity index (χ4n) is 3.86. The molecule has 1 N–H and O–H groups in total. The molecule has 0 radical (unpaired) electrons. The molecule has 2 aromatic rings. The van der Waals surface area contributed by atoms with Crippen molar-refractivity contribution in [2.45, 2.75) is 47.5 Å². The minimum atomic E-state index is -0.0520. The van der Waals surface area contributed by atoms with Crippen LogP contribution >= 0.6 is 0 Å². The van der Waals surface area contributed by atoms with Gasteiger partial charge in [0.25, 0.3) is 5.91 Å². The van der Waals surface area contributed by atoms with Gasteiger partial charge in [0.2, 0.25) is 0 Å². The molecule has 2 nitrogen and oxygen atoms in total. The van der Waals surface area contributed by atoms with Crippen molar-refractivity contribution in [2.24, 2.45) is 5.92 Å². The molecule has 3 rings (SSSR count). The first-order valence-electron chi connectivity index (χ1n) is 10.5. The van der Waals surface area contributed by atoms with Gasteiger partial charge in [-0.15, -0.1) is 0 Å². The Hall–Kier alpha value is -2.87. The van der Waals surface area contributed by atoms with Crippen molar-refractivity contribution in [1.29, 1.82) is 0 Å². The smallest absolute Gasteiger partial charge is 0.255 e. The van der Waals surface area contributed by atoms with Crippen LogP contribution in [0.2, 0.25) is 0 Å². The normalized spacial score (nSPS) is 14.4. The number of carbonyl (C=O) groups is 1. The number of amides is 1. The van der Waals surface area contributed by atoms with Gasteiger partial charge in [-0.1, -0.05) is 68.8 Å². The molecule has 1 aliphatic rings. The van der Waals surface area contributed by atoms with Crippen LogP contribution in [0.4, 0.5) is 5.69 Å². The molecule has 0 bridgehead atoms. The molecule has 0 aliphatic heterocycles. The first kappa shape index (κ1) is 20.9. The van der Waals surface area contributed by atoms with Crippen LogP contribution < -0.4 is 5.32 Å². The average Bonchev–Trinajstić information content (AvgIpc) is 2.91. The Morgan fingerprint density at radius 3 is 2.34 bits per heavy atom. The van der Waals surface area contributed by atoms with Gasteiger partial charge in [0.05, 0.1) is 0 Å². The number of hydrogen-bond donors (Lipinski definition) is 1. The number of nitrogens with one attached hydrogen (secondary N) is 1.